The van der Waals surface area contributed by atoms with Gasteiger partial charge in [-0.15, -0.1) is 0 Å². The van der Waals surface area contributed by atoms with Crippen LogP contribution in [-0.2, 0) is 23.7 Å². The predicted molar refractivity (Wildman–Crippen MR) is 69.4 cm³/mol. The molecule has 2 aliphatic heterocycles. The van der Waals surface area contributed by atoms with Crippen molar-refractivity contribution in [2.75, 3.05) is 27.4 Å². The molecule has 3 N–H and O–H groups in total. The van der Waals surface area contributed by atoms with Crippen molar-refractivity contribution in [2.24, 2.45) is 0 Å². The molecule has 0 aliphatic carbocycles. The van der Waals surface area contributed by atoms with Gasteiger partial charge in [0.05, 0.1) is 25.4 Å². The summed E-state index contributed by atoms with van der Waals surface area (Å²) in [7, 11) is 3.10. The summed E-state index contributed by atoms with van der Waals surface area (Å²) >= 11 is 0. The van der Waals surface area contributed by atoms with Crippen LogP contribution in [0.15, 0.2) is 0 Å². The zero-order valence-electron chi connectivity index (χ0n) is 12.3. The van der Waals surface area contributed by atoms with E-state index < -0.39 is 30.9 Å². The first kappa shape index (κ1) is 17.0. The minimum absolute atomic E-state index is 0.159. The van der Waals surface area contributed by atoms with E-state index in [9.17, 15) is 15.3 Å². The summed E-state index contributed by atoms with van der Waals surface area (Å²) in [5.41, 5.74) is 0. The van der Waals surface area contributed by atoms with E-state index in [4.69, 9.17) is 23.7 Å². The third-order valence-electron chi connectivity index (χ3n) is 3.89. The van der Waals surface area contributed by atoms with Gasteiger partial charge < -0.3 is 39.0 Å². The van der Waals surface area contributed by atoms with Gasteiger partial charge in [-0.25, -0.2) is 0 Å². The Kier molecular flexibility index (Phi) is 6.33. The van der Waals surface area contributed by atoms with E-state index in [2.05, 4.69) is 0 Å². The molecule has 2 aliphatic rings. The first-order chi connectivity index (χ1) is 10.1. The number of ether oxygens (including phenoxy) is 5. The van der Waals surface area contributed by atoms with Crippen LogP contribution in [0.25, 0.3) is 0 Å². The average Bonchev–Trinajstić information content (AvgIpc) is 2.50. The van der Waals surface area contributed by atoms with Gasteiger partial charge in [0.1, 0.15) is 18.3 Å². The first-order valence-electron chi connectivity index (χ1n) is 7.04. The van der Waals surface area contributed by atoms with E-state index in [-0.39, 0.29) is 31.8 Å². The van der Waals surface area contributed by atoms with Crippen molar-refractivity contribution >= 4 is 0 Å². The Bertz CT molecular complexity index is 315. The number of methoxy groups -OCH3 is 2. The number of rotatable bonds is 5. The van der Waals surface area contributed by atoms with Gasteiger partial charge in [-0.05, 0) is 0 Å². The van der Waals surface area contributed by atoms with Crippen LogP contribution < -0.4 is 0 Å². The van der Waals surface area contributed by atoms with E-state index >= 15 is 0 Å². The van der Waals surface area contributed by atoms with Crippen LogP contribution in [0.2, 0.25) is 0 Å². The summed E-state index contributed by atoms with van der Waals surface area (Å²) in [5.74, 6) is 0. The molecule has 1 unspecified atom stereocenters. The molecule has 2 rings (SSSR count). The monoisotopic (exact) mass is 308 g/mol. The Hall–Kier alpha value is -0.320. The van der Waals surface area contributed by atoms with Crippen LogP contribution in [0.3, 0.4) is 0 Å². The van der Waals surface area contributed by atoms with E-state index in [1.165, 1.54) is 0 Å². The van der Waals surface area contributed by atoms with Crippen molar-refractivity contribution in [1.29, 1.82) is 0 Å². The Balaban J connectivity index is 1.94. The third kappa shape index (κ3) is 4.11. The molecule has 2 saturated heterocycles. The molecule has 0 saturated carbocycles. The second-order valence-electron chi connectivity index (χ2n) is 5.29. The summed E-state index contributed by atoms with van der Waals surface area (Å²) < 4.78 is 27.1. The molecule has 2 fully saturated rings. The molecule has 2 heterocycles. The van der Waals surface area contributed by atoms with E-state index in [1.54, 1.807) is 14.2 Å². The first-order valence-corrected chi connectivity index (χ1v) is 7.04. The maximum absolute atomic E-state index is 9.59. The lowest BCUT2D eigenvalue weighted by molar-refractivity contribution is -0.310. The highest BCUT2D eigenvalue weighted by molar-refractivity contribution is 4.84. The van der Waals surface area contributed by atoms with Gasteiger partial charge in [-0.2, -0.15) is 0 Å². The van der Waals surface area contributed by atoms with Gasteiger partial charge in [0, 0.05) is 27.1 Å². The van der Waals surface area contributed by atoms with Crippen molar-refractivity contribution in [3.8, 4) is 0 Å². The van der Waals surface area contributed by atoms with Crippen molar-refractivity contribution in [3.05, 3.63) is 0 Å². The fourth-order valence-corrected chi connectivity index (χ4v) is 2.63. The standard InChI is InChI=1S/C13H24O8/c1-17-9-4-10(18-2)13(21-11(9)5-14)20-7-3-8(15)12(16)19-6-7/h7-16H,3-6H2,1-2H3/t7-,8-,9-,10-,11?,12+,13+/m0/s1. The molecule has 0 bridgehead atoms. The molecule has 0 spiro atoms. The highest BCUT2D eigenvalue weighted by atomic mass is 16.7. The topological polar surface area (TPSA) is 107 Å². The summed E-state index contributed by atoms with van der Waals surface area (Å²) in [4.78, 5) is 0. The molecule has 0 aromatic carbocycles. The summed E-state index contributed by atoms with van der Waals surface area (Å²) in [6.07, 6.45) is -3.61. The Labute approximate surface area is 123 Å². The molecule has 0 aromatic rings. The number of aliphatic hydroxyl groups excluding tert-OH is 3. The fraction of sp³-hybridized carbons (Fsp3) is 1.00. The predicted octanol–water partition coefficient (Wildman–Crippen LogP) is -1.39. The van der Waals surface area contributed by atoms with Gasteiger partial charge in [0.2, 0.25) is 0 Å². The number of hydrogen-bond donors (Lipinski definition) is 3. The van der Waals surface area contributed by atoms with Crippen LogP contribution in [-0.4, -0.2) is 85.9 Å². The smallest absolute Gasteiger partial charge is 0.184 e. The van der Waals surface area contributed by atoms with Crippen LogP contribution in [0.4, 0.5) is 0 Å². The largest absolute Gasteiger partial charge is 0.394 e. The zero-order valence-corrected chi connectivity index (χ0v) is 12.3. The molecule has 124 valence electrons. The van der Waals surface area contributed by atoms with Crippen molar-refractivity contribution in [1.82, 2.24) is 0 Å². The minimum Gasteiger partial charge on any atom is -0.394 e. The number of aliphatic hydroxyl groups is 3. The van der Waals surface area contributed by atoms with E-state index in [1.807, 2.05) is 0 Å². The lowest BCUT2D eigenvalue weighted by Gasteiger charge is -2.41. The van der Waals surface area contributed by atoms with Gasteiger partial charge in [0.15, 0.2) is 12.6 Å². The molecule has 0 aromatic heterocycles. The maximum atomic E-state index is 9.59. The molecular formula is C13H24O8. The summed E-state index contributed by atoms with van der Waals surface area (Å²) in [6.45, 7) is -0.0245. The SMILES string of the molecule is CO[C@H]1C[C@H](OC)[C@H](O[C@@H]2CO[C@@H](O)[C@@H](O)C2)OC1CO. The second kappa shape index (κ2) is 7.80. The molecular weight excluding hydrogens is 284 g/mol. The molecule has 0 amide bonds. The van der Waals surface area contributed by atoms with E-state index in [0.717, 1.165) is 0 Å². The van der Waals surface area contributed by atoms with Crippen LogP contribution in [0.1, 0.15) is 12.8 Å². The highest BCUT2D eigenvalue weighted by Crippen LogP contribution is 2.27. The Morgan fingerprint density at radius 1 is 1.10 bits per heavy atom. The van der Waals surface area contributed by atoms with Crippen LogP contribution in [0, 0.1) is 0 Å². The minimum atomic E-state index is -1.18. The van der Waals surface area contributed by atoms with Crippen LogP contribution >= 0.6 is 0 Å². The normalized spacial score (nSPS) is 44.7. The van der Waals surface area contributed by atoms with Crippen molar-refractivity contribution in [3.63, 3.8) is 0 Å². The average molecular weight is 308 g/mol. The molecule has 7 atom stereocenters. The van der Waals surface area contributed by atoms with Gasteiger partial charge >= 0.3 is 0 Å². The number of hydrogen-bond acceptors (Lipinski definition) is 8. The lowest BCUT2D eigenvalue weighted by Crippen LogP contribution is -2.53. The lowest BCUT2D eigenvalue weighted by atomic mass is 10.0. The fourth-order valence-electron chi connectivity index (χ4n) is 2.63. The maximum Gasteiger partial charge on any atom is 0.184 e. The molecule has 21 heavy (non-hydrogen) atoms. The Morgan fingerprint density at radius 3 is 2.38 bits per heavy atom. The zero-order chi connectivity index (χ0) is 15.4. The molecule has 0 radical (unpaired) electrons. The third-order valence-corrected chi connectivity index (χ3v) is 3.89. The molecule has 8 nitrogen and oxygen atoms in total. The van der Waals surface area contributed by atoms with Crippen LogP contribution in [0.5, 0.6) is 0 Å². The summed E-state index contributed by atoms with van der Waals surface area (Å²) in [6, 6.07) is 0. The van der Waals surface area contributed by atoms with Crippen molar-refractivity contribution < 1.29 is 39.0 Å². The van der Waals surface area contributed by atoms with E-state index in [0.29, 0.717) is 6.42 Å². The second-order valence-corrected chi connectivity index (χ2v) is 5.29. The van der Waals surface area contributed by atoms with Gasteiger partial charge in [0.25, 0.3) is 0 Å². The highest BCUT2D eigenvalue weighted by Gasteiger charge is 2.41. The Morgan fingerprint density at radius 2 is 1.81 bits per heavy atom. The molecule has 8 heteroatoms. The van der Waals surface area contributed by atoms with Gasteiger partial charge in [-0.3, -0.25) is 0 Å². The summed E-state index contributed by atoms with van der Waals surface area (Å²) in [5, 5.41) is 28.3. The van der Waals surface area contributed by atoms with Gasteiger partial charge in [-0.1, -0.05) is 0 Å². The van der Waals surface area contributed by atoms with Crippen molar-refractivity contribution in [2.45, 2.75) is 55.9 Å². The quantitative estimate of drug-likeness (QED) is 0.570.